The van der Waals surface area contributed by atoms with E-state index >= 15 is 0 Å². The number of nitrogens with two attached hydrogens (primary N) is 2. The SMILES string of the molecule is COc1ccc(CC(CCCCC(N)=O)C(N)=O)cc1. The molecule has 2 amide bonds. The van der Waals surface area contributed by atoms with Gasteiger partial charge in [0.2, 0.25) is 11.8 Å². The summed E-state index contributed by atoms with van der Waals surface area (Å²) in [7, 11) is 1.61. The highest BCUT2D eigenvalue weighted by atomic mass is 16.5. The quantitative estimate of drug-likeness (QED) is 0.668. The Morgan fingerprint density at radius 3 is 2.30 bits per heavy atom. The molecule has 1 rings (SSSR count). The first-order valence-corrected chi connectivity index (χ1v) is 6.73. The molecular weight excluding hydrogens is 256 g/mol. The van der Waals surface area contributed by atoms with Gasteiger partial charge in [0.1, 0.15) is 5.75 Å². The third-order valence-corrected chi connectivity index (χ3v) is 3.27. The Kier molecular flexibility index (Phi) is 6.56. The Morgan fingerprint density at radius 2 is 1.80 bits per heavy atom. The van der Waals surface area contributed by atoms with Gasteiger partial charge >= 0.3 is 0 Å². The minimum Gasteiger partial charge on any atom is -0.497 e. The van der Waals surface area contributed by atoms with Gasteiger partial charge in [-0.2, -0.15) is 0 Å². The van der Waals surface area contributed by atoms with Crippen molar-refractivity contribution in [1.29, 1.82) is 0 Å². The van der Waals surface area contributed by atoms with Gasteiger partial charge < -0.3 is 16.2 Å². The lowest BCUT2D eigenvalue weighted by molar-refractivity contribution is -0.122. The predicted octanol–water partition coefficient (Wildman–Crippen LogP) is 1.38. The lowest BCUT2D eigenvalue weighted by Crippen LogP contribution is -2.25. The first-order valence-electron chi connectivity index (χ1n) is 6.73. The van der Waals surface area contributed by atoms with Gasteiger partial charge in [-0.25, -0.2) is 0 Å². The average molecular weight is 278 g/mol. The molecule has 0 aliphatic heterocycles. The molecule has 1 unspecified atom stereocenters. The van der Waals surface area contributed by atoms with Gasteiger partial charge in [0.05, 0.1) is 7.11 Å². The summed E-state index contributed by atoms with van der Waals surface area (Å²) in [6, 6.07) is 7.58. The smallest absolute Gasteiger partial charge is 0.220 e. The third kappa shape index (κ3) is 5.73. The van der Waals surface area contributed by atoms with Crippen molar-refractivity contribution in [3.05, 3.63) is 29.8 Å². The number of carbonyl (C=O) groups excluding carboxylic acids is 2. The summed E-state index contributed by atoms with van der Waals surface area (Å²) in [4.78, 5) is 22.1. The van der Waals surface area contributed by atoms with E-state index in [9.17, 15) is 9.59 Å². The number of ether oxygens (including phenoxy) is 1. The highest BCUT2D eigenvalue weighted by molar-refractivity contribution is 5.77. The molecule has 1 aromatic carbocycles. The zero-order valence-corrected chi connectivity index (χ0v) is 11.8. The summed E-state index contributed by atoms with van der Waals surface area (Å²) >= 11 is 0. The van der Waals surface area contributed by atoms with Gasteiger partial charge in [0.25, 0.3) is 0 Å². The minimum atomic E-state index is -0.309. The molecule has 110 valence electrons. The number of amides is 2. The molecule has 0 aliphatic rings. The Balaban J connectivity index is 2.49. The van der Waals surface area contributed by atoms with Crippen LogP contribution < -0.4 is 16.2 Å². The molecule has 20 heavy (non-hydrogen) atoms. The standard InChI is InChI=1S/C15H22N2O3/c1-20-13-8-6-11(7-9-13)10-12(15(17)19)4-2-3-5-14(16)18/h6-9,12H,2-5,10H2,1H3,(H2,16,18)(H2,17,19). The molecule has 4 N–H and O–H groups in total. The Labute approximate surface area is 119 Å². The van der Waals surface area contributed by atoms with Crippen LogP contribution in [0.2, 0.25) is 0 Å². The molecule has 5 nitrogen and oxygen atoms in total. The van der Waals surface area contributed by atoms with Crippen LogP contribution >= 0.6 is 0 Å². The van der Waals surface area contributed by atoms with E-state index in [0.29, 0.717) is 25.7 Å². The van der Waals surface area contributed by atoms with Crippen LogP contribution in [0.15, 0.2) is 24.3 Å². The molecule has 0 saturated heterocycles. The van der Waals surface area contributed by atoms with Crippen molar-refractivity contribution in [3.8, 4) is 5.75 Å². The number of hydrogen-bond donors (Lipinski definition) is 2. The van der Waals surface area contributed by atoms with Crippen molar-refractivity contribution in [2.75, 3.05) is 7.11 Å². The molecule has 5 heteroatoms. The Hall–Kier alpha value is -2.04. The van der Waals surface area contributed by atoms with Crippen LogP contribution in [-0.2, 0) is 16.0 Å². The Morgan fingerprint density at radius 1 is 1.15 bits per heavy atom. The highest BCUT2D eigenvalue weighted by Crippen LogP contribution is 2.18. The molecule has 0 aromatic heterocycles. The van der Waals surface area contributed by atoms with Crippen molar-refractivity contribution >= 4 is 11.8 Å². The average Bonchev–Trinajstić information content (AvgIpc) is 2.42. The van der Waals surface area contributed by atoms with Gasteiger partial charge in [-0.3, -0.25) is 9.59 Å². The van der Waals surface area contributed by atoms with Crippen molar-refractivity contribution in [2.24, 2.45) is 17.4 Å². The van der Waals surface area contributed by atoms with Crippen LogP contribution in [0.1, 0.15) is 31.2 Å². The molecule has 1 aromatic rings. The molecule has 0 spiro atoms. The van der Waals surface area contributed by atoms with Crippen molar-refractivity contribution in [1.82, 2.24) is 0 Å². The predicted molar refractivity (Wildman–Crippen MR) is 77.0 cm³/mol. The number of primary amides is 2. The lowest BCUT2D eigenvalue weighted by atomic mass is 9.93. The second kappa shape index (κ2) is 8.19. The van der Waals surface area contributed by atoms with E-state index < -0.39 is 0 Å². The zero-order chi connectivity index (χ0) is 15.0. The topological polar surface area (TPSA) is 95.4 Å². The summed E-state index contributed by atoms with van der Waals surface area (Å²) in [6.45, 7) is 0. The normalized spacial score (nSPS) is 11.8. The summed E-state index contributed by atoms with van der Waals surface area (Å²) in [5, 5.41) is 0. The number of hydrogen-bond acceptors (Lipinski definition) is 3. The van der Waals surface area contributed by atoms with Crippen LogP contribution in [0.5, 0.6) is 5.75 Å². The second-order valence-corrected chi connectivity index (χ2v) is 4.86. The molecule has 1 atom stereocenters. The molecule has 0 fully saturated rings. The fourth-order valence-electron chi connectivity index (χ4n) is 2.08. The van der Waals surface area contributed by atoms with Crippen molar-refractivity contribution in [2.45, 2.75) is 32.1 Å². The third-order valence-electron chi connectivity index (χ3n) is 3.27. The van der Waals surface area contributed by atoms with Crippen LogP contribution in [0.25, 0.3) is 0 Å². The molecule has 0 bridgehead atoms. The number of benzene rings is 1. The molecule has 0 radical (unpaired) electrons. The van der Waals surface area contributed by atoms with E-state index in [1.807, 2.05) is 24.3 Å². The maximum atomic E-state index is 11.5. The zero-order valence-electron chi connectivity index (χ0n) is 11.8. The van der Waals surface area contributed by atoms with E-state index in [1.54, 1.807) is 7.11 Å². The number of rotatable bonds is 9. The van der Waals surface area contributed by atoms with E-state index in [0.717, 1.165) is 17.7 Å². The summed E-state index contributed by atoms with van der Waals surface area (Å²) in [5.74, 6) is -0.0437. The van der Waals surface area contributed by atoms with E-state index in [-0.39, 0.29) is 17.7 Å². The second-order valence-electron chi connectivity index (χ2n) is 4.86. The largest absolute Gasteiger partial charge is 0.497 e. The van der Waals surface area contributed by atoms with Crippen LogP contribution in [-0.4, -0.2) is 18.9 Å². The minimum absolute atomic E-state index is 0.212. The maximum absolute atomic E-state index is 11.5. The highest BCUT2D eigenvalue weighted by Gasteiger charge is 2.15. The summed E-state index contributed by atoms with van der Waals surface area (Å²) in [5.41, 5.74) is 11.6. The lowest BCUT2D eigenvalue weighted by Gasteiger charge is -2.13. The maximum Gasteiger partial charge on any atom is 0.220 e. The Bertz CT molecular complexity index is 443. The number of carbonyl (C=O) groups is 2. The van der Waals surface area contributed by atoms with E-state index in [4.69, 9.17) is 16.2 Å². The van der Waals surface area contributed by atoms with Crippen molar-refractivity contribution < 1.29 is 14.3 Å². The van der Waals surface area contributed by atoms with Gasteiger partial charge in [-0.1, -0.05) is 18.6 Å². The van der Waals surface area contributed by atoms with Crippen LogP contribution in [0.4, 0.5) is 0 Å². The number of unbranched alkanes of at least 4 members (excludes halogenated alkanes) is 1. The first kappa shape index (κ1) is 16.0. The van der Waals surface area contributed by atoms with Crippen molar-refractivity contribution in [3.63, 3.8) is 0 Å². The molecule has 0 saturated carbocycles. The fraction of sp³-hybridized carbons (Fsp3) is 0.467. The summed E-state index contributed by atoms with van der Waals surface area (Å²) in [6.07, 6.45) is 3.10. The monoisotopic (exact) mass is 278 g/mol. The van der Waals surface area contributed by atoms with Gasteiger partial charge in [0.15, 0.2) is 0 Å². The molecule has 0 heterocycles. The van der Waals surface area contributed by atoms with Gasteiger partial charge in [-0.05, 0) is 37.0 Å². The van der Waals surface area contributed by atoms with E-state index in [2.05, 4.69) is 0 Å². The van der Waals surface area contributed by atoms with Crippen LogP contribution in [0.3, 0.4) is 0 Å². The molecular formula is C15H22N2O3. The van der Waals surface area contributed by atoms with Gasteiger partial charge in [0, 0.05) is 12.3 Å². The van der Waals surface area contributed by atoms with Gasteiger partial charge in [-0.15, -0.1) is 0 Å². The fourth-order valence-corrected chi connectivity index (χ4v) is 2.08. The van der Waals surface area contributed by atoms with E-state index in [1.165, 1.54) is 0 Å². The number of methoxy groups -OCH3 is 1. The van der Waals surface area contributed by atoms with Crippen LogP contribution in [0, 0.1) is 5.92 Å². The first-order chi connectivity index (χ1) is 9.52. The summed E-state index contributed by atoms with van der Waals surface area (Å²) < 4.78 is 5.09. The molecule has 0 aliphatic carbocycles.